The molecule has 11 heteroatoms. The average molecular weight is 596 g/mol. The molecule has 2 N–H and O–H groups in total. The summed E-state index contributed by atoms with van der Waals surface area (Å²) in [7, 11) is -2.48. The van der Waals surface area contributed by atoms with Gasteiger partial charge in [-0.25, -0.2) is 13.2 Å². The van der Waals surface area contributed by atoms with Crippen molar-refractivity contribution in [3.05, 3.63) is 90.5 Å². The standard InChI is InChI=1S/C31H37N3O7S/c1-22(2)19-33(42(38,39)26-16-14-25(40-3)15-17-26)20-28(35)27(18-23-10-6-4-7-11-23)32-30(36)29-21-34(31(37)41-29)24-12-8-5-9-13-24/h4-17,22,27-29,35H,18-21H2,1-3H3,(H,32,36)/t27-,28-,29-/m0/s1. The fourth-order valence-electron chi connectivity index (χ4n) is 4.76. The summed E-state index contributed by atoms with van der Waals surface area (Å²) in [6, 6.07) is 23.3. The number of cyclic esters (lactones) is 1. The van der Waals surface area contributed by atoms with Crippen molar-refractivity contribution in [2.24, 2.45) is 5.92 Å². The number of aliphatic hydroxyl groups excluding tert-OH is 1. The first-order valence-corrected chi connectivity index (χ1v) is 15.2. The average Bonchev–Trinajstić information content (AvgIpc) is 3.38. The number of anilines is 1. The number of carbonyl (C=O) groups is 2. The van der Waals surface area contributed by atoms with E-state index in [0.29, 0.717) is 11.4 Å². The number of aliphatic hydroxyl groups is 1. The number of benzene rings is 3. The molecule has 42 heavy (non-hydrogen) atoms. The van der Waals surface area contributed by atoms with Crippen molar-refractivity contribution in [2.45, 2.75) is 43.4 Å². The van der Waals surface area contributed by atoms with Gasteiger partial charge in [-0.2, -0.15) is 4.31 Å². The topological polar surface area (TPSA) is 125 Å². The molecule has 1 aliphatic heterocycles. The Morgan fingerprint density at radius 1 is 1.02 bits per heavy atom. The predicted molar refractivity (Wildman–Crippen MR) is 159 cm³/mol. The van der Waals surface area contributed by atoms with Gasteiger partial charge in [0.25, 0.3) is 5.91 Å². The smallest absolute Gasteiger partial charge is 0.415 e. The highest BCUT2D eigenvalue weighted by molar-refractivity contribution is 7.89. The minimum Gasteiger partial charge on any atom is -0.497 e. The third-order valence-corrected chi connectivity index (χ3v) is 8.77. The van der Waals surface area contributed by atoms with Crippen LogP contribution in [0.1, 0.15) is 19.4 Å². The number of ether oxygens (including phenoxy) is 2. The van der Waals surface area contributed by atoms with E-state index in [1.165, 1.54) is 28.4 Å². The maximum absolute atomic E-state index is 13.6. The first-order chi connectivity index (χ1) is 20.1. The molecule has 3 aromatic carbocycles. The minimum atomic E-state index is -3.98. The number of hydrogen-bond acceptors (Lipinski definition) is 7. The molecule has 0 radical (unpaired) electrons. The van der Waals surface area contributed by atoms with Crippen LogP contribution < -0.4 is 15.0 Å². The SMILES string of the molecule is COc1ccc(S(=O)(=O)N(CC(C)C)C[C@H](O)[C@H](Cc2ccccc2)NC(=O)[C@@H]2CN(c3ccccc3)C(=O)O2)cc1. The molecule has 1 heterocycles. The number of sulfonamides is 1. The van der Waals surface area contributed by atoms with Crippen LogP contribution in [0.25, 0.3) is 0 Å². The van der Waals surface area contributed by atoms with Gasteiger partial charge in [-0.3, -0.25) is 9.69 Å². The van der Waals surface area contributed by atoms with Crippen LogP contribution >= 0.6 is 0 Å². The van der Waals surface area contributed by atoms with Gasteiger partial charge in [0.05, 0.1) is 30.7 Å². The number of carbonyl (C=O) groups excluding carboxylic acids is 2. The van der Waals surface area contributed by atoms with E-state index in [2.05, 4.69) is 5.32 Å². The van der Waals surface area contributed by atoms with Gasteiger partial charge >= 0.3 is 6.09 Å². The summed E-state index contributed by atoms with van der Waals surface area (Å²) in [5.74, 6) is -0.0853. The van der Waals surface area contributed by atoms with E-state index >= 15 is 0 Å². The van der Waals surface area contributed by atoms with Gasteiger partial charge < -0.3 is 19.9 Å². The van der Waals surface area contributed by atoms with Gasteiger partial charge in [0.2, 0.25) is 10.0 Å². The number of hydrogen-bond donors (Lipinski definition) is 2. The van der Waals surface area contributed by atoms with E-state index in [0.717, 1.165) is 5.56 Å². The molecule has 1 aliphatic rings. The number of nitrogens with zero attached hydrogens (tertiary/aromatic N) is 2. The van der Waals surface area contributed by atoms with Crippen LogP contribution in [0, 0.1) is 5.92 Å². The second-order valence-corrected chi connectivity index (χ2v) is 12.5. The Hall–Kier alpha value is -3.93. The van der Waals surface area contributed by atoms with Crippen LogP contribution in [0.4, 0.5) is 10.5 Å². The maximum Gasteiger partial charge on any atom is 0.415 e. The molecule has 4 rings (SSSR count). The summed E-state index contributed by atoms with van der Waals surface area (Å²) in [5.41, 5.74) is 1.44. The molecule has 0 bridgehead atoms. The van der Waals surface area contributed by atoms with E-state index in [9.17, 15) is 23.1 Å². The lowest BCUT2D eigenvalue weighted by Crippen LogP contribution is -2.53. The molecule has 10 nitrogen and oxygen atoms in total. The molecule has 0 unspecified atom stereocenters. The summed E-state index contributed by atoms with van der Waals surface area (Å²) >= 11 is 0. The second kappa shape index (κ2) is 13.8. The maximum atomic E-state index is 13.6. The summed E-state index contributed by atoms with van der Waals surface area (Å²) in [6.45, 7) is 3.68. The zero-order valence-corrected chi connectivity index (χ0v) is 24.7. The van der Waals surface area contributed by atoms with Crippen molar-refractivity contribution in [1.82, 2.24) is 9.62 Å². The van der Waals surface area contributed by atoms with Crippen LogP contribution in [-0.4, -0.2) is 74.8 Å². The Kier molecular flexibility index (Phi) is 10.2. The van der Waals surface area contributed by atoms with Crippen molar-refractivity contribution in [2.75, 3.05) is 31.6 Å². The molecule has 0 aromatic heterocycles. The largest absolute Gasteiger partial charge is 0.497 e. The predicted octanol–water partition coefficient (Wildman–Crippen LogP) is 3.46. The van der Waals surface area contributed by atoms with Gasteiger partial charge in [0.15, 0.2) is 6.10 Å². The fraction of sp³-hybridized carbons (Fsp3) is 0.355. The monoisotopic (exact) mass is 595 g/mol. The van der Waals surface area contributed by atoms with Gasteiger partial charge in [-0.15, -0.1) is 0 Å². The molecule has 0 spiro atoms. The highest BCUT2D eigenvalue weighted by atomic mass is 32.2. The van der Waals surface area contributed by atoms with Gasteiger partial charge in [0.1, 0.15) is 5.75 Å². The third-order valence-electron chi connectivity index (χ3n) is 6.92. The van der Waals surface area contributed by atoms with E-state index in [4.69, 9.17) is 9.47 Å². The zero-order chi connectivity index (χ0) is 30.3. The first-order valence-electron chi connectivity index (χ1n) is 13.8. The lowest BCUT2D eigenvalue weighted by molar-refractivity contribution is -0.129. The fourth-order valence-corrected chi connectivity index (χ4v) is 6.38. The van der Waals surface area contributed by atoms with Crippen molar-refractivity contribution >= 4 is 27.7 Å². The van der Waals surface area contributed by atoms with Crippen molar-refractivity contribution in [3.8, 4) is 5.75 Å². The Balaban J connectivity index is 1.54. The molecular weight excluding hydrogens is 558 g/mol. The van der Waals surface area contributed by atoms with Gasteiger partial charge in [-0.05, 0) is 54.3 Å². The zero-order valence-electron chi connectivity index (χ0n) is 23.9. The minimum absolute atomic E-state index is 0.00809. The Morgan fingerprint density at radius 2 is 1.64 bits per heavy atom. The molecule has 2 amide bonds. The lowest BCUT2D eigenvalue weighted by Gasteiger charge is -2.31. The number of methoxy groups -OCH3 is 1. The Bertz CT molecular complexity index is 1430. The Morgan fingerprint density at radius 3 is 2.24 bits per heavy atom. The summed E-state index contributed by atoms with van der Waals surface area (Å²) < 4.78 is 39.0. The number of rotatable bonds is 13. The molecule has 1 saturated heterocycles. The Labute approximate surface area is 246 Å². The number of nitrogens with one attached hydrogen (secondary N) is 1. The molecule has 3 atom stereocenters. The normalized spacial score (nSPS) is 16.8. The molecule has 3 aromatic rings. The molecule has 0 aliphatic carbocycles. The quantitative estimate of drug-likeness (QED) is 0.310. The van der Waals surface area contributed by atoms with Crippen molar-refractivity contribution < 1.29 is 32.6 Å². The van der Waals surface area contributed by atoms with E-state index < -0.39 is 40.3 Å². The summed E-state index contributed by atoms with van der Waals surface area (Å²) in [5, 5.41) is 14.3. The van der Waals surface area contributed by atoms with Gasteiger partial charge in [-0.1, -0.05) is 62.4 Å². The van der Waals surface area contributed by atoms with E-state index in [1.54, 1.807) is 36.4 Å². The number of para-hydroxylation sites is 1. The molecular formula is C31H37N3O7S. The van der Waals surface area contributed by atoms with E-state index in [1.807, 2.05) is 50.2 Å². The lowest BCUT2D eigenvalue weighted by atomic mass is 10.0. The summed E-state index contributed by atoms with van der Waals surface area (Å²) in [6.07, 6.45) is -2.79. The van der Waals surface area contributed by atoms with Crippen LogP contribution in [0.2, 0.25) is 0 Å². The summed E-state index contributed by atoms with van der Waals surface area (Å²) in [4.78, 5) is 27.3. The van der Waals surface area contributed by atoms with Crippen molar-refractivity contribution in [1.29, 1.82) is 0 Å². The highest BCUT2D eigenvalue weighted by Crippen LogP contribution is 2.23. The van der Waals surface area contributed by atoms with Gasteiger partial charge in [0, 0.05) is 18.8 Å². The molecule has 224 valence electrons. The second-order valence-electron chi connectivity index (χ2n) is 10.6. The van der Waals surface area contributed by atoms with Crippen LogP contribution in [0.15, 0.2) is 89.8 Å². The molecule has 1 fully saturated rings. The molecule has 0 saturated carbocycles. The van der Waals surface area contributed by atoms with Crippen LogP contribution in [0.5, 0.6) is 5.75 Å². The van der Waals surface area contributed by atoms with Crippen LogP contribution in [0.3, 0.4) is 0 Å². The van der Waals surface area contributed by atoms with E-state index in [-0.39, 0.29) is 36.9 Å². The number of amides is 2. The third kappa shape index (κ3) is 7.67. The highest BCUT2D eigenvalue weighted by Gasteiger charge is 2.39. The van der Waals surface area contributed by atoms with Crippen LogP contribution in [-0.2, 0) is 26.0 Å². The van der Waals surface area contributed by atoms with Crippen molar-refractivity contribution in [3.63, 3.8) is 0 Å². The first kappa shape index (κ1) is 31.0.